The van der Waals surface area contributed by atoms with Crippen molar-refractivity contribution in [1.82, 2.24) is 5.32 Å². The van der Waals surface area contributed by atoms with Gasteiger partial charge in [0.2, 0.25) is 0 Å². The summed E-state index contributed by atoms with van der Waals surface area (Å²) in [6.45, 7) is 5.08. The first-order valence-corrected chi connectivity index (χ1v) is 10.5. The quantitative estimate of drug-likeness (QED) is 0.641. The van der Waals surface area contributed by atoms with Crippen molar-refractivity contribution in [3.05, 3.63) is 58.1 Å². The lowest BCUT2D eigenvalue weighted by Gasteiger charge is -2.15. The molecule has 0 radical (unpaired) electrons. The SMILES string of the molecule is CC(C)Oc1ccc(C(=O)Nc2ccccc2C(=O)NC[C@@H]2CCCO2)cc1Br. The lowest BCUT2D eigenvalue weighted by molar-refractivity contribution is 0.0858. The van der Waals surface area contributed by atoms with Crippen LogP contribution in [-0.2, 0) is 4.74 Å². The smallest absolute Gasteiger partial charge is 0.255 e. The van der Waals surface area contributed by atoms with Crippen LogP contribution in [0, 0.1) is 0 Å². The summed E-state index contributed by atoms with van der Waals surface area (Å²) in [5, 5.41) is 5.72. The van der Waals surface area contributed by atoms with Crippen LogP contribution in [0.2, 0.25) is 0 Å². The Hall–Kier alpha value is -2.38. The van der Waals surface area contributed by atoms with E-state index in [-0.39, 0.29) is 24.0 Å². The predicted octanol–water partition coefficient (Wildman–Crippen LogP) is 4.40. The molecule has 1 aliphatic heterocycles. The van der Waals surface area contributed by atoms with Crippen molar-refractivity contribution in [1.29, 1.82) is 0 Å². The molecule has 0 unspecified atom stereocenters. The van der Waals surface area contributed by atoms with Crippen LogP contribution < -0.4 is 15.4 Å². The average Bonchev–Trinajstić information content (AvgIpc) is 3.21. The first-order chi connectivity index (χ1) is 13.9. The fourth-order valence-electron chi connectivity index (χ4n) is 3.08. The minimum absolute atomic E-state index is 0.0333. The van der Waals surface area contributed by atoms with E-state index in [1.54, 1.807) is 42.5 Å². The maximum atomic E-state index is 12.7. The standard InChI is InChI=1S/C22H25BrN2O4/c1-14(2)29-20-10-9-15(12-18(20)23)21(26)25-19-8-4-3-7-17(19)22(27)24-13-16-6-5-11-28-16/h3-4,7-10,12,14,16H,5-6,11,13H2,1-2H3,(H,24,27)(H,25,26)/t16-/m0/s1. The van der Waals surface area contributed by atoms with Crippen LogP contribution in [0.15, 0.2) is 46.9 Å². The van der Waals surface area contributed by atoms with Gasteiger partial charge in [0.05, 0.1) is 27.9 Å². The highest BCUT2D eigenvalue weighted by Crippen LogP contribution is 2.27. The van der Waals surface area contributed by atoms with E-state index in [1.807, 2.05) is 13.8 Å². The molecule has 1 aliphatic rings. The molecule has 0 saturated carbocycles. The summed E-state index contributed by atoms with van der Waals surface area (Å²) in [6, 6.07) is 12.1. The monoisotopic (exact) mass is 460 g/mol. The molecule has 2 amide bonds. The van der Waals surface area contributed by atoms with Crippen LogP contribution in [0.4, 0.5) is 5.69 Å². The number of para-hydroxylation sites is 1. The largest absolute Gasteiger partial charge is 0.490 e. The molecule has 0 aromatic heterocycles. The third-order valence-electron chi connectivity index (χ3n) is 4.49. The molecular weight excluding hydrogens is 436 g/mol. The van der Waals surface area contributed by atoms with Crippen LogP contribution in [-0.4, -0.2) is 37.2 Å². The number of hydrogen-bond acceptors (Lipinski definition) is 4. The summed E-state index contributed by atoms with van der Waals surface area (Å²) >= 11 is 3.44. The van der Waals surface area contributed by atoms with Crippen molar-refractivity contribution in [2.75, 3.05) is 18.5 Å². The van der Waals surface area contributed by atoms with Crippen molar-refractivity contribution >= 4 is 33.4 Å². The summed E-state index contributed by atoms with van der Waals surface area (Å²) < 4.78 is 11.9. The third-order valence-corrected chi connectivity index (χ3v) is 5.11. The summed E-state index contributed by atoms with van der Waals surface area (Å²) in [5.41, 5.74) is 1.33. The molecule has 0 spiro atoms. The second-order valence-electron chi connectivity index (χ2n) is 7.16. The number of halogens is 1. The van der Waals surface area contributed by atoms with Crippen molar-refractivity contribution in [2.45, 2.75) is 38.9 Å². The van der Waals surface area contributed by atoms with Crippen molar-refractivity contribution < 1.29 is 19.1 Å². The zero-order valence-corrected chi connectivity index (χ0v) is 18.1. The number of carbonyl (C=O) groups is 2. The van der Waals surface area contributed by atoms with E-state index in [0.717, 1.165) is 19.4 Å². The summed E-state index contributed by atoms with van der Waals surface area (Å²) in [4.78, 5) is 25.3. The topological polar surface area (TPSA) is 76.7 Å². The van der Waals surface area contributed by atoms with Gasteiger partial charge in [-0.25, -0.2) is 0 Å². The van der Waals surface area contributed by atoms with Crippen LogP contribution >= 0.6 is 15.9 Å². The summed E-state index contributed by atoms with van der Waals surface area (Å²) in [5.74, 6) is 0.130. The predicted molar refractivity (Wildman–Crippen MR) is 116 cm³/mol. The van der Waals surface area contributed by atoms with Crippen LogP contribution in [0.1, 0.15) is 47.4 Å². The van der Waals surface area contributed by atoms with Gasteiger partial charge in [-0.1, -0.05) is 12.1 Å². The van der Waals surface area contributed by atoms with Gasteiger partial charge in [0, 0.05) is 18.7 Å². The Morgan fingerprint density at radius 3 is 2.69 bits per heavy atom. The number of rotatable bonds is 7. The molecule has 1 atom stereocenters. The molecule has 1 fully saturated rings. The molecule has 29 heavy (non-hydrogen) atoms. The lowest BCUT2D eigenvalue weighted by Crippen LogP contribution is -2.32. The van der Waals surface area contributed by atoms with E-state index in [4.69, 9.17) is 9.47 Å². The van der Waals surface area contributed by atoms with E-state index in [1.165, 1.54) is 0 Å². The van der Waals surface area contributed by atoms with E-state index in [0.29, 0.717) is 33.6 Å². The summed E-state index contributed by atoms with van der Waals surface area (Å²) in [6.07, 6.45) is 2.06. The van der Waals surface area contributed by atoms with Crippen molar-refractivity contribution in [3.8, 4) is 5.75 Å². The first-order valence-electron chi connectivity index (χ1n) is 9.70. The molecule has 6 nitrogen and oxygen atoms in total. The number of carbonyl (C=O) groups excluding carboxylic acids is 2. The average molecular weight is 461 g/mol. The van der Waals surface area contributed by atoms with Crippen molar-refractivity contribution in [3.63, 3.8) is 0 Å². The molecule has 3 rings (SSSR count). The molecule has 7 heteroatoms. The number of hydrogen-bond donors (Lipinski definition) is 2. The number of anilines is 1. The highest BCUT2D eigenvalue weighted by atomic mass is 79.9. The Kier molecular flexibility index (Phi) is 7.28. The molecule has 0 aliphatic carbocycles. The van der Waals surface area contributed by atoms with E-state index in [2.05, 4.69) is 26.6 Å². The highest BCUT2D eigenvalue weighted by molar-refractivity contribution is 9.10. The van der Waals surface area contributed by atoms with Crippen LogP contribution in [0.5, 0.6) is 5.75 Å². The van der Waals surface area contributed by atoms with Gasteiger partial charge in [0.1, 0.15) is 5.75 Å². The third kappa shape index (κ3) is 5.81. The lowest BCUT2D eigenvalue weighted by atomic mass is 10.1. The normalized spacial score (nSPS) is 15.9. The Morgan fingerprint density at radius 2 is 2.00 bits per heavy atom. The van der Waals surface area contributed by atoms with Gasteiger partial charge in [0.15, 0.2) is 0 Å². The second-order valence-corrected chi connectivity index (χ2v) is 8.01. The van der Waals surface area contributed by atoms with Crippen molar-refractivity contribution in [2.24, 2.45) is 0 Å². The molecule has 1 saturated heterocycles. The molecule has 154 valence electrons. The molecule has 1 heterocycles. The number of amides is 2. The fraction of sp³-hybridized carbons (Fsp3) is 0.364. The first kappa shape index (κ1) is 21.3. The van der Waals surface area contributed by atoms with Crippen LogP contribution in [0.3, 0.4) is 0 Å². The minimum atomic E-state index is -0.304. The number of nitrogens with one attached hydrogen (secondary N) is 2. The van der Waals surface area contributed by atoms with Gasteiger partial charge in [-0.05, 0) is 73.0 Å². The molecular formula is C22H25BrN2O4. The van der Waals surface area contributed by atoms with E-state index in [9.17, 15) is 9.59 Å². The molecule has 2 aromatic rings. The van der Waals surface area contributed by atoms with Crippen LogP contribution in [0.25, 0.3) is 0 Å². The minimum Gasteiger partial charge on any atom is -0.490 e. The van der Waals surface area contributed by atoms with Gasteiger partial charge < -0.3 is 20.1 Å². The maximum Gasteiger partial charge on any atom is 0.255 e. The van der Waals surface area contributed by atoms with Gasteiger partial charge in [-0.2, -0.15) is 0 Å². The van der Waals surface area contributed by atoms with Gasteiger partial charge in [-0.15, -0.1) is 0 Å². The maximum absolute atomic E-state index is 12.7. The summed E-state index contributed by atoms with van der Waals surface area (Å²) in [7, 11) is 0. The molecule has 2 N–H and O–H groups in total. The Balaban J connectivity index is 1.69. The van der Waals surface area contributed by atoms with Gasteiger partial charge in [-0.3, -0.25) is 9.59 Å². The van der Waals surface area contributed by atoms with E-state index < -0.39 is 0 Å². The van der Waals surface area contributed by atoms with Gasteiger partial charge in [0.25, 0.3) is 11.8 Å². The zero-order chi connectivity index (χ0) is 20.8. The highest BCUT2D eigenvalue weighted by Gasteiger charge is 2.19. The Morgan fingerprint density at radius 1 is 1.21 bits per heavy atom. The Labute approximate surface area is 179 Å². The molecule has 2 aromatic carbocycles. The fourth-order valence-corrected chi connectivity index (χ4v) is 3.56. The number of ether oxygens (including phenoxy) is 2. The number of benzene rings is 2. The zero-order valence-electron chi connectivity index (χ0n) is 16.5. The second kappa shape index (κ2) is 9.89. The Bertz CT molecular complexity index is 879. The van der Waals surface area contributed by atoms with E-state index >= 15 is 0 Å². The van der Waals surface area contributed by atoms with Gasteiger partial charge >= 0.3 is 0 Å². The molecule has 0 bridgehead atoms.